The lowest BCUT2D eigenvalue weighted by Crippen LogP contribution is -2.12. The van der Waals surface area contributed by atoms with Gasteiger partial charge in [-0.05, 0) is 66.7 Å². The number of hydrogen-bond donors (Lipinski definition) is 4. The van der Waals surface area contributed by atoms with E-state index in [1.54, 1.807) is 0 Å². The normalized spacial score (nSPS) is 11.7. The molecule has 0 radical (unpaired) electrons. The van der Waals surface area contributed by atoms with Crippen LogP contribution in [-0.2, 0) is 20.2 Å². The third-order valence-corrected chi connectivity index (χ3v) is 7.92. The number of rotatable bonds is 8. The summed E-state index contributed by atoms with van der Waals surface area (Å²) in [4.78, 5) is 3.82. The highest BCUT2D eigenvalue weighted by atomic mass is 35.5. The summed E-state index contributed by atoms with van der Waals surface area (Å²) >= 11 is 11.0. The molecule has 36 heavy (non-hydrogen) atoms. The van der Waals surface area contributed by atoms with Gasteiger partial charge in [0, 0.05) is 57.5 Å². The monoisotopic (exact) mass is 569 g/mol. The Morgan fingerprint density at radius 2 is 1.22 bits per heavy atom. The van der Waals surface area contributed by atoms with E-state index in [4.69, 9.17) is 37.7 Å². The molecule has 0 aliphatic heterocycles. The van der Waals surface area contributed by atoms with Crippen LogP contribution in [0.1, 0.15) is 0 Å². The first-order chi connectivity index (χ1) is 17.0. The number of fused-ring (bicyclic) bond motifs is 1. The average molecular weight is 570 g/mol. The maximum atomic E-state index is 13.1. The van der Waals surface area contributed by atoms with E-state index in [-0.39, 0.29) is 28.0 Å². The third-order valence-electron chi connectivity index (χ3n) is 4.96. The highest BCUT2D eigenvalue weighted by Crippen LogP contribution is 2.38. The minimum atomic E-state index is -4.50. The predicted molar refractivity (Wildman–Crippen MR) is 137 cm³/mol. The second-order valence-corrected chi connectivity index (χ2v) is 10.8. The van der Waals surface area contributed by atoms with Gasteiger partial charge >= 0.3 is 20.2 Å². The minimum absolute atomic E-state index is 0.0213. The summed E-state index contributed by atoms with van der Waals surface area (Å²) in [7, 11) is -8.99. The van der Waals surface area contributed by atoms with Crippen molar-refractivity contribution in [2.75, 3.05) is 15.4 Å². The van der Waals surface area contributed by atoms with Gasteiger partial charge in [0.25, 0.3) is 0 Å². The van der Waals surface area contributed by atoms with Crippen LogP contribution < -0.4 is 23.8 Å². The van der Waals surface area contributed by atoms with Gasteiger partial charge in [-0.15, -0.1) is 0 Å². The molecule has 0 amide bonds. The zero-order chi connectivity index (χ0) is 26.1. The van der Waals surface area contributed by atoms with E-state index in [1.807, 2.05) is 0 Å². The molecule has 0 atom stereocenters. The van der Waals surface area contributed by atoms with E-state index in [2.05, 4.69) is 9.67 Å². The van der Waals surface area contributed by atoms with Crippen LogP contribution in [0.3, 0.4) is 0 Å². The molecule has 0 aliphatic rings. The lowest BCUT2D eigenvalue weighted by Gasteiger charge is -2.14. The molecule has 0 bridgehead atoms. The lowest BCUT2D eigenvalue weighted by molar-refractivity contribution is 0.472. The van der Waals surface area contributed by atoms with Crippen LogP contribution >= 0.6 is 23.6 Å². The maximum Gasteiger partial charge on any atom is 0.339 e. The Morgan fingerprint density at radius 3 is 1.72 bits per heavy atom. The first kappa shape index (κ1) is 25.5. The van der Waals surface area contributed by atoms with Crippen LogP contribution in [0.2, 0.25) is 0 Å². The Balaban J connectivity index is 1.79. The van der Waals surface area contributed by atoms with Crippen LogP contribution in [0.25, 0.3) is 10.8 Å². The van der Waals surface area contributed by atoms with E-state index in [0.29, 0.717) is 11.4 Å². The van der Waals surface area contributed by atoms with Gasteiger partial charge in [0.05, 0.1) is 0 Å². The minimum Gasteiger partial charge on any atom is -0.507 e. The van der Waals surface area contributed by atoms with Crippen molar-refractivity contribution < 1.29 is 30.3 Å². The lowest BCUT2D eigenvalue weighted by atomic mass is 10.1. The summed E-state index contributed by atoms with van der Waals surface area (Å²) in [6.45, 7) is 0. The Kier molecular flexibility index (Phi) is 6.96. The Morgan fingerprint density at radius 1 is 0.722 bits per heavy atom. The zero-order valence-electron chi connectivity index (χ0n) is 18.0. The summed E-state index contributed by atoms with van der Waals surface area (Å²) in [6.07, 6.45) is 0. The number of benzene rings is 4. The van der Waals surface area contributed by atoms with Crippen molar-refractivity contribution >= 4 is 71.6 Å². The number of phenols is 1. The van der Waals surface area contributed by atoms with Gasteiger partial charge in [0.2, 0.25) is 0 Å². The van der Waals surface area contributed by atoms with E-state index in [1.165, 1.54) is 54.6 Å². The number of aromatic hydroxyl groups is 1. The van der Waals surface area contributed by atoms with Crippen LogP contribution in [-0.4, -0.2) is 21.9 Å². The molecule has 4 aromatic carbocycles. The van der Waals surface area contributed by atoms with Crippen molar-refractivity contribution in [1.82, 2.24) is 0 Å². The number of hydrogen-bond acceptors (Lipinski definition) is 10. The number of anilines is 3. The summed E-state index contributed by atoms with van der Waals surface area (Å²) in [5, 5.41) is 10.3. The summed E-state index contributed by atoms with van der Waals surface area (Å²) in [5.74, 6) is -0.630. The zero-order valence-corrected chi connectivity index (χ0v) is 21.1. The fourth-order valence-electron chi connectivity index (χ4n) is 3.29. The van der Waals surface area contributed by atoms with Crippen molar-refractivity contribution in [3.05, 3.63) is 72.8 Å². The largest absolute Gasteiger partial charge is 0.507 e. The van der Waals surface area contributed by atoms with E-state index >= 15 is 0 Å². The molecule has 0 aliphatic carbocycles. The van der Waals surface area contributed by atoms with Crippen molar-refractivity contribution in [3.63, 3.8) is 0 Å². The Bertz CT molecular complexity index is 1650. The third kappa shape index (κ3) is 5.16. The van der Waals surface area contributed by atoms with Crippen LogP contribution in [0.15, 0.2) is 82.6 Å². The molecular formula is C22H17Cl2N3O7S2. The average Bonchev–Trinajstić information content (AvgIpc) is 2.84. The molecule has 188 valence electrons. The molecule has 0 fully saturated rings. The second-order valence-electron chi connectivity index (χ2n) is 7.33. The van der Waals surface area contributed by atoms with Gasteiger partial charge in [-0.1, -0.05) is 0 Å². The smallest absolute Gasteiger partial charge is 0.339 e. The summed E-state index contributed by atoms with van der Waals surface area (Å²) in [5.41, 5.74) is 6.98. The number of nitrogens with one attached hydrogen (secondary N) is 2. The SMILES string of the molecule is Nc1ccc(S(=O)(=O)Oc2ccc(NCl)cc2)c2cc(S(=O)(=O)Oc3ccc(NCl)cc3)cc(O)c12. The molecule has 10 nitrogen and oxygen atoms in total. The standard InChI is InChI=1S/C22H17Cl2N3O7S2/c23-26-13-1-5-15(6-2-13)33-35(29,30)17-11-18-21(10-9-19(25)22(18)20(28)12-17)36(31,32)34-16-7-3-14(27-24)4-8-16/h1-12,26-28H,25H2. The first-order valence-electron chi connectivity index (χ1n) is 9.91. The molecule has 0 unspecified atom stereocenters. The molecule has 5 N–H and O–H groups in total. The first-order valence-corrected chi connectivity index (χ1v) is 13.5. The number of nitrogen functional groups attached to an aromatic ring is 1. The van der Waals surface area contributed by atoms with Gasteiger partial charge < -0.3 is 19.2 Å². The Labute approximate surface area is 216 Å². The molecule has 0 spiro atoms. The van der Waals surface area contributed by atoms with Gasteiger partial charge in [0.15, 0.2) is 0 Å². The molecule has 0 heterocycles. The van der Waals surface area contributed by atoms with Gasteiger partial charge in [-0.25, -0.2) is 0 Å². The number of halogens is 2. The predicted octanol–water partition coefficient (Wildman–Crippen LogP) is 4.79. The van der Waals surface area contributed by atoms with Crippen molar-refractivity contribution in [2.24, 2.45) is 0 Å². The molecule has 0 aromatic heterocycles. The molecule has 0 saturated carbocycles. The summed E-state index contributed by atoms with van der Waals surface area (Å²) < 4.78 is 62.5. The topological polar surface area (TPSA) is 157 Å². The highest BCUT2D eigenvalue weighted by molar-refractivity contribution is 7.87. The Hall–Kier alpha value is -3.58. The second kappa shape index (κ2) is 9.82. The van der Waals surface area contributed by atoms with Gasteiger partial charge in [0.1, 0.15) is 27.0 Å². The van der Waals surface area contributed by atoms with E-state index < -0.39 is 35.8 Å². The van der Waals surface area contributed by atoms with E-state index in [9.17, 15) is 21.9 Å². The highest BCUT2D eigenvalue weighted by Gasteiger charge is 2.26. The van der Waals surface area contributed by atoms with Crippen LogP contribution in [0, 0.1) is 0 Å². The fourth-order valence-corrected chi connectivity index (χ4v) is 5.64. The van der Waals surface area contributed by atoms with Gasteiger partial charge in [-0.2, -0.15) is 16.8 Å². The van der Waals surface area contributed by atoms with E-state index in [0.717, 1.165) is 18.2 Å². The maximum absolute atomic E-state index is 13.1. The van der Waals surface area contributed by atoms with Crippen LogP contribution in [0.5, 0.6) is 17.2 Å². The van der Waals surface area contributed by atoms with Crippen molar-refractivity contribution in [3.8, 4) is 17.2 Å². The number of nitrogens with two attached hydrogens (primary N) is 1. The van der Waals surface area contributed by atoms with Crippen LogP contribution in [0.4, 0.5) is 17.1 Å². The van der Waals surface area contributed by atoms with Crippen molar-refractivity contribution in [1.29, 1.82) is 0 Å². The van der Waals surface area contributed by atoms with Gasteiger partial charge in [-0.3, -0.25) is 9.67 Å². The fraction of sp³-hybridized carbons (Fsp3) is 0. The molecule has 4 rings (SSSR count). The summed E-state index contributed by atoms with van der Waals surface area (Å²) in [6, 6.07) is 15.7. The number of phenolic OH excluding ortho intramolecular Hbond substituents is 1. The molecule has 14 heteroatoms. The quantitative estimate of drug-likeness (QED) is 0.132. The molecular weight excluding hydrogens is 553 g/mol. The van der Waals surface area contributed by atoms with Crippen molar-refractivity contribution in [2.45, 2.75) is 9.79 Å². The molecule has 4 aromatic rings. The molecule has 0 saturated heterocycles.